The van der Waals surface area contributed by atoms with E-state index in [1.807, 2.05) is 13.8 Å². The zero-order chi connectivity index (χ0) is 18.4. The first-order valence-electron chi connectivity index (χ1n) is 7.58. The van der Waals surface area contributed by atoms with E-state index in [1.165, 1.54) is 13.3 Å². The lowest BCUT2D eigenvalue weighted by molar-refractivity contribution is 0.0949. The molecular formula is C18H19BrN2O4. The monoisotopic (exact) mass is 406 g/mol. The molecular weight excluding hydrogens is 388 g/mol. The Balaban J connectivity index is 2.16. The summed E-state index contributed by atoms with van der Waals surface area (Å²) in [6, 6.07) is 10.2. The van der Waals surface area contributed by atoms with Crippen LogP contribution in [0.3, 0.4) is 0 Å². The molecule has 0 saturated heterocycles. The number of benzene rings is 2. The van der Waals surface area contributed by atoms with Crippen LogP contribution >= 0.6 is 15.9 Å². The normalized spacial score (nSPS) is 10.9. The highest BCUT2D eigenvalue weighted by atomic mass is 79.9. The molecule has 7 heteroatoms. The number of phenolic OH excluding ortho intramolecular Hbond substituents is 1. The van der Waals surface area contributed by atoms with E-state index in [4.69, 9.17) is 9.47 Å². The molecule has 132 valence electrons. The number of carbonyl (C=O) groups is 1. The summed E-state index contributed by atoms with van der Waals surface area (Å²) in [6.45, 7) is 3.76. The fourth-order valence-corrected chi connectivity index (χ4v) is 2.43. The lowest BCUT2D eigenvalue weighted by Crippen LogP contribution is -2.20. The van der Waals surface area contributed by atoms with Crippen LogP contribution in [0.15, 0.2) is 46.0 Å². The van der Waals surface area contributed by atoms with Gasteiger partial charge in [0, 0.05) is 10.0 Å². The van der Waals surface area contributed by atoms with Gasteiger partial charge in [0.05, 0.1) is 25.0 Å². The maximum Gasteiger partial charge on any atom is 0.275 e. The molecule has 0 fully saturated rings. The number of methoxy groups -OCH3 is 1. The fourth-order valence-electron chi connectivity index (χ4n) is 2.07. The highest BCUT2D eigenvalue weighted by molar-refractivity contribution is 9.10. The van der Waals surface area contributed by atoms with Crippen molar-refractivity contribution in [3.8, 4) is 17.2 Å². The van der Waals surface area contributed by atoms with Gasteiger partial charge >= 0.3 is 0 Å². The molecule has 1 amide bonds. The quantitative estimate of drug-likeness (QED) is 0.565. The predicted octanol–water partition coefficient (Wildman–Crippen LogP) is 3.71. The van der Waals surface area contributed by atoms with E-state index in [0.717, 1.165) is 4.47 Å². The van der Waals surface area contributed by atoms with Crippen LogP contribution in [-0.4, -0.2) is 30.4 Å². The molecule has 2 rings (SSSR count). The molecule has 2 N–H and O–H groups in total. The lowest BCUT2D eigenvalue weighted by atomic mass is 10.2. The molecule has 0 atom stereocenters. The van der Waals surface area contributed by atoms with Crippen molar-refractivity contribution in [3.63, 3.8) is 0 Å². The van der Waals surface area contributed by atoms with Crippen molar-refractivity contribution in [1.82, 2.24) is 5.43 Å². The Labute approximate surface area is 154 Å². The largest absolute Gasteiger partial charge is 0.504 e. The van der Waals surface area contributed by atoms with E-state index in [1.54, 1.807) is 36.4 Å². The lowest BCUT2D eigenvalue weighted by Gasteiger charge is -2.13. The number of hydrazone groups is 1. The highest BCUT2D eigenvalue weighted by Gasteiger charge is 2.14. The average Bonchev–Trinajstić information content (AvgIpc) is 2.57. The van der Waals surface area contributed by atoms with E-state index < -0.39 is 5.91 Å². The van der Waals surface area contributed by atoms with Crippen molar-refractivity contribution >= 4 is 28.1 Å². The van der Waals surface area contributed by atoms with E-state index in [0.29, 0.717) is 22.6 Å². The number of halogens is 1. The molecule has 0 unspecified atom stereocenters. The molecule has 0 aliphatic rings. The summed E-state index contributed by atoms with van der Waals surface area (Å²) in [5.41, 5.74) is 3.21. The number of ether oxygens (including phenoxy) is 2. The van der Waals surface area contributed by atoms with Crippen LogP contribution in [0.2, 0.25) is 0 Å². The van der Waals surface area contributed by atoms with Crippen LogP contribution in [-0.2, 0) is 0 Å². The van der Waals surface area contributed by atoms with Crippen LogP contribution in [0.5, 0.6) is 17.2 Å². The molecule has 0 radical (unpaired) electrons. The van der Waals surface area contributed by atoms with Gasteiger partial charge in [0.2, 0.25) is 0 Å². The Kier molecular flexibility index (Phi) is 6.41. The van der Waals surface area contributed by atoms with Crippen molar-refractivity contribution in [2.75, 3.05) is 7.11 Å². The van der Waals surface area contributed by atoms with Crippen LogP contribution < -0.4 is 14.9 Å². The second-order valence-electron chi connectivity index (χ2n) is 5.40. The number of aromatic hydroxyl groups is 1. The Bertz CT molecular complexity index is 791. The second-order valence-corrected chi connectivity index (χ2v) is 6.32. The van der Waals surface area contributed by atoms with Gasteiger partial charge in [-0.2, -0.15) is 5.10 Å². The number of nitrogens with zero attached hydrogens (tertiary/aromatic N) is 1. The minimum Gasteiger partial charge on any atom is -0.504 e. The first kappa shape index (κ1) is 18.8. The minimum absolute atomic E-state index is 0.0470. The van der Waals surface area contributed by atoms with Gasteiger partial charge in [-0.15, -0.1) is 0 Å². The Morgan fingerprint density at radius 2 is 2.04 bits per heavy atom. The summed E-state index contributed by atoms with van der Waals surface area (Å²) in [7, 11) is 1.46. The number of hydrogen-bond donors (Lipinski definition) is 2. The van der Waals surface area contributed by atoms with Gasteiger partial charge in [0.25, 0.3) is 5.91 Å². The van der Waals surface area contributed by atoms with E-state index in [2.05, 4.69) is 26.5 Å². The zero-order valence-electron chi connectivity index (χ0n) is 14.1. The van der Waals surface area contributed by atoms with Crippen molar-refractivity contribution in [3.05, 3.63) is 52.0 Å². The number of phenols is 1. The minimum atomic E-state index is -0.421. The van der Waals surface area contributed by atoms with Crippen molar-refractivity contribution < 1.29 is 19.4 Å². The first-order chi connectivity index (χ1) is 11.9. The third-order valence-electron chi connectivity index (χ3n) is 3.17. The zero-order valence-corrected chi connectivity index (χ0v) is 15.7. The SMILES string of the molecule is COc1cccc(/C=N/NC(=O)c2cc(Br)ccc2OC(C)C)c1O. The Morgan fingerprint density at radius 1 is 1.28 bits per heavy atom. The molecule has 6 nitrogen and oxygen atoms in total. The summed E-state index contributed by atoms with van der Waals surface area (Å²) in [6.07, 6.45) is 1.28. The molecule has 0 aromatic heterocycles. The van der Waals surface area contributed by atoms with Crippen LogP contribution in [0.4, 0.5) is 0 Å². The molecule has 0 aliphatic carbocycles. The standard InChI is InChI=1S/C18H19BrN2O4/c1-11(2)25-15-8-7-13(19)9-14(15)18(23)21-20-10-12-5-4-6-16(24-3)17(12)22/h4-11,22H,1-3H3,(H,21,23)/b20-10+. The van der Waals surface area contributed by atoms with Gasteiger partial charge in [0.1, 0.15) is 5.75 Å². The maximum absolute atomic E-state index is 12.4. The molecule has 25 heavy (non-hydrogen) atoms. The van der Waals surface area contributed by atoms with Gasteiger partial charge in [-0.1, -0.05) is 22.0 Å². The summed E-state index contributed by atoms with van der Waals surface area (Å²) in [5.74, 6) is 0.329. The van der Waals surface area contributed by atoms with E-state index in [-0.39, 0.29) is 11.9 Å². The molecule has 2 aromatic rings. The summed E-state index contributed by atoms with van der Waals surface area (Å²) in [5, 5.41) is 13.9. The average molecular weight is 407 g/mol. The Morgan fingerprint density at radius 3 is 2.72 bits per heavy atom. The third-order valence-corrected chi connectivity index (χ3v) is 3.66. The maximum atomic E-state index is 12.4. The topological polar surface area (TPSA) is 80.2 Å². The molecule has 0 saturated carbocycles. The van der Waals surface area contributed by atoms with Crippen LogP contribution in [0, 0.1) is 0 Å². The fraction of sp³-hybridized carbons (Fsp3) is 0.222. The van der Waals surface area contributed by atoms with E-state index in [9.17, 15) is 9.90 Å². The Hall–Kier alpha value is -2.54. The van der Waals surface area contributed by atoms with Gasteiger partial charge in [-0.25, -0.2) is 5.43 Å². The van der Waals surface area contributed by atoms with Gasteiger partial charge in [0.15, 0.2) is 11.5 Å². The molecule has 0 spiro atoms. The number of amides is 1. The number of para-hydroxylation sites is 1. The first-order valence-corrected chi connectivity index (χ1v) is 8.37. The van der Waals surface area contributed by atoms with E-state index >= 15 is 0 Å². The van der Waals surface area contributed by atoms with Crippen molar-refractivity contribution in [1.29, 1.82) is 0 Å². The summed E-state index contributed by atoms with van der Waals surface area (Å²) in [4.78, 5) is 12.4. The highest BCUT2D eigenvalue weighted by Crippen LogP contribution is 2.28. The van der Waals surface area contributed by atoms with Crippen LogP contribution in [0.25, 0.3) is 0 Å². The number of rotatable bonds is 6. The van der Waals surface area contributed by atoms with Gasteiger partial charge in [-0.3, -0.25) is 4.79 Å². The predicted molar refractivity (Wildman–Crippen MR) is 99.6 cm³/mol. The molecule has 0 heterocycles. The second kappa shape index (κ2) is 8.53. The van der Waals surface area contributed by atoms with Gasteiger partial charge < -0.3 is 14.6 Å². The van der Waals surface area contributed by atoms with Crippen molar-refractivity contribution in [2.45, 2.75) is 20.0 Å². The molecule has 0 bridgehead atoms. The van der Waals surface area contributed by atoms with Crippen LogP contribution in [0.1, 0.15) is 29.8 Å². The molecule has 0 aliphatic heterocycles. The third kappa shape index (κ3) is 4.96. The number of carbonyl (C=O) groups excluding carboxylic acids is 1. The number of hydrogen-bond acceptors (Lipinski definition) is 5. The summed E-state index contributed by atoms with van der Waals surface area (Å²) < 4.78 is 11.4. The van der Waals surface area contributed by atoms with Gasteiger partial charge in [-0.05, 0) is 44.2 Å². The molecule has 2 aromatic carbocycles. The number of nitrogens with one attached hydrogen (secondary N) is 1. The summed E-state index contributed by atoms with van der Waals surface area (Å²) >= 11 is 3.34. The van der Waals surface area contributed by atoms with Crippen molar-refractivity contribution in [2.24, 2.45) is 5.10 Å². The smallest absolute Gasteiger partial charge is 0.275 e.